The first-order valence-corrected chi connectivity index (χ1v) is 6.88. The predicted octanol–water partition coefficient (Wildman–Crippen LogP) is 2.12. The Hall–Kier alpha value is -0.580. The summed E-state index contributed by atoms with van der Waals surface area (Å²) in [7, 11) is 0. The predicted molar refractivity (Wildman–Crippen MR) is 73.5 cm³/mol. The Bertz CT molecular complexity index is 336. The molecule has 1 fully saturated rings. The molecule has 94 valence electrons. The molecule has 0 spiro atoms. The van der Waals surface area contributed by atoms with Gasteiger partial charge in [-0.2, -0.15) is 0 Å². The molecule has 1 N–H and O–H groups in total. The zero-order valence-corrected chi connectivity index (χ0v) is 11.7. The fourth-order valence-electron chi connectivity index (χ4n) is 2.04. The molecule has 0 saturated carbocycles. The van der Waals surface area contributed by atoms with E-state index in [0.29, 0.717) is 0 Å². The smallest absolute Gasteiger partial charge is 0.119 e. The van der Waals surface area contributed by atoms with Gasteiger partial charge in [0.1, 0.15) is 11.9 Å². The van der Waals surface area contributed by atoms with Gasteiger partial charge in [0, 0.05) is 37.2 Å². The highest BCUT2D eigenvalue weighted by atomic mass is 79.9. The van der Waals surface area contributed by atoms with E-state index >= 15 is 0 Å². The van der Waals surface area contributed by atoms with Crippen molar-refractivity contribution in [3.63, 3.8) is 0 Å². The summed E-state index contributed by atoms with van der Waals surface area (Å²) in [4.78, 5) is 2.44. The van der Waals surface area contributed by atoms with E-state index in [4.69, 9.17) is 4.74 Å². The van der Waals surface area contributed by atoms with Crippen LogP contribution in [0.3, 0.4) is 0 Å². The molecule has 1 heterocycles. The summed E-state index contributed by atoms with van der Waals surface area (Å²) in [6.07, 6.45) is 0.231. The maximum Gasteiger partial charge on any atom is 0.119 e. The lowest BCUT2D eigenvalue weighted by atomic mass is 10.3. The molecule has 0 unspecified atom stereocenters. The van der Waals surface area contributed by atoms with Gasteiger partial charge in [-0.05, 0) is 31.2 Å². The average molecular weight is 299 g/mol. The number of nitrogens with one attached hydrogen (secondary N) is 1. The van der Waals surface area contributed by atoms with E-state index in [-0.39, 0.29) is 6.10 Å². The normalized spacial score (nSPS) is 18.9. The van der Waals surface area contributed by atoms with E-state index in [9.17, 15) is 0 Å². The summed E-state index contributed by atoms with van der Waals surface area (Å²) in [5.41, 5.74) is 0. The minimum absolute atomic E-state index is 0.231. The molecule has 0 aromatic heterocycles. The van der Waals surface area contributed by atoms with Crippen molar-refractivity contribution in [2.75, 3.05) is 32.7 Å². The minimum Gasteiger partial charge on any atom is -0.489 e. The average Bonchev–Trinajstić information content (AvgIpc) is 2.33. The highest BCUT2D eigenvalue weighted by molar-refractivity contribution is 9.10. The third-order valence-electron chi connectivity index (χ3n) is 2.88. The van der Waals surface area contributed by atoms with E-state index in [1.165, 1.54) is 0 Å². The maximum atomic E-state index is 5.89. The standard InChI is InChI=1S/C13H19BrN2O/c1-11(10-16-8-6-15-7-9-16)17-13-4-2-12(14)3-5-13/h2-5,11,15H,6-10H2,1H3/t11-/m1/s1. The Balaban J connectivity index is 1.79. The van der Waals surface area contributed by atoms with E-state index in [1.54, 1.807) is 0 Å². The zero-order chi connectivity index (χ0) is 12.1. The van der Waals surface area contributed by atoms with Crippen LogP contribution < -0.4 is 10.1 Å². The van der Waals surface area contributed by atoms with E-state index in [0.717, 1.165) is 42.9 Å². The molecule has 1 saturated heterocycles. The first-order chi connectivity index (χ1) is 8.24. The van der Waals surface area contributed by atoms with Crippen LogP contribution in [0.2, 0.25) is 0 Å². The Kier molecular flexibility index (Phi) is 4.83. The molecule has 1 atom stereocenters. The fraction of sp³-hybridized carbons (Fsp3) is 0.538. The molecule has 0 radical (unpaired) electrons. The SMILES string of the molecule is C[C@H](CN1CCNCC1)Oc1ccc(Br)cc1. The molecule has 1 aliphatic heterocycles. The molecule has 17 heavy (non-hydrogen) atoms. The van der Waals surface area contributed by atoms with Crippen LogP contribution in [0.1, 0.15) is 6.92 Å². The van der Waals surface area contributed by atoms with E-state index in [2.05, 4.69) is 33.1 Å². The van der Waals surface area contributed by atoms with Crippen molar-refractivity contribution in [3.8, 4) is 5.75 Å². The van der Waals surface area contributed by atoms with Crippen LogP contribution in [0.5, 0.6) is 5.75 Å². The number of benzene rings is 1. The molecule has 4 heteroatoms. The van der Waals surface area contributed by atoms with Crippen LogP contribution in [-0.2, 0) is 0 Å². The molecule has 1 aromatic rings. The monoisotopic (exact) mass is 298 g/mol. The van der Waals surface area contributed by atoms with Crippen molar-refractivity contribution in [3.05, 3.63) is 28.7 Å². The lowest BCUT2D eigenvalue weighted by molar-refractivity contribution is 0.135. The molecule has 0 amide bonds. The fourth-order valence-corrected chi connectivity index (χ4v) is 2.30. The van der Waals surface area contributed by atoms with Crippen LogP contribution in [0, 0.1) is 0 Å². The number of ether oxygens (including phenoxy) is 1. The summed E-state index contributed by atoms with van der Waals surface area (Å²) in [6, 6.07) is 8.01. The van der Waals surface area contributed by atoms with Gasteiger partial charge in [-0.3, -0.25) is 4.90 Å². The molecule has 0 aliphatic carbocycles. The van der Waals surface area contributed by atoms with Gasteiger partial charge in [-0.25, -0.2) is 0 Å². The summed E-state index contributed by atoms with van der Waals surface area (Å²) in [5, 5.41) is 3.36. The quantitative estimate of drug-likeness (QED) is 0.922. The van der Waals surface area contributed by atoms with Gasteiger partial charge >= 0.3 is 0 Å². The van der Waals surface area contributed by atoms with Gasteiger partial charge in [0.2, 0.25) is 0 Å². The van der Waals surface area contributed by atoms with Gasteiger partial charge in [-0.1, -0.05) is 15.9 Å². The molecular weight excluding hydrogens is 280 g/mol. The minimum atomic E-state index is 0.231. The molecule has 0 bridgehead atoms. The Morgan fingerprint density at radius 2 is 1.94 bits per heavy atom. The molecular formula is C13H19BrN2O. The maximum absolute atomic E-state index is 5.89. The molecule has 3 nitrogen and oxygen atoms in total. The van der Waals surface area contributed by atoms with Crippen LogP contribution >= 0.6 is 15.9 Å². The summed E-state index contributed by atoms with van der Waals surface area (Å²) < 4.78 is 6.97. The van der Waals surface area contributed by atoms with Gasteiger partial charge in [-0.15, -0.1) is 0 Å². The summed E-state index contributed by atoms with van der Waals surface area (Å²) >= 11 is 3.42. The lowest BCUT2D eigenvalue weighted by Crippen LogP contribution is -2.46. The van der Waals surface area contributed by atoms with Crippen molar-refractivity contribution in [2.45, 2.75) is 13.0 Å². The van der Waals surface area contributed by atoms with Crippen molar-refractivity contribution >= 4 is 15.9 Å². The number of hydrogen-bond acceptors (Lipinski definition) is 3. The Morgan fingerprint density at radius 3 is 2.59 bits per heavy atom. The van der Waals surface area contributed by atoms with Crippen molar-refractivity contribution in [1.82, 2.24) is 10.2 Å². The number of hydrogen-bond donors (Lipinski definition) is 1. The van der Waals surface area contributed by atoms with Crippen LogP contribution in [-0.4, -0.2) is 43.7 Å². The van der Waals surface area contributed by atoms with Crippen molar-refractivity contribution in [2.24, 2.45) is 0 Å². The largest absolute Gasteiger partial charge is 0.489 e. The first-order valence-electron chi connectivity index (χ1n) is 6.09. The second kappa shape index (κ2) is 6.38. The van der Waals surface area contributed by atoms with Gasteiger partial charge < -0.3 is 10.1 Å². The van der Waals surface area contributed by atoms with Crippen LogP contribution in [0.25, 0.3) is 0 Å². The highest BCUT2D eigenvalue weighted by Crippen LogP contribution is 2.17. The summed E-state index contributed by atoms with van der Waals surface area (Å²) in [6.45, 7) is 7.54. The van der Waals surface area contributed by atoms with E-state index in [1.807, 2.05) is 24.3 Å². The Morgan fingerprint density at radius 1 is 1.29 bits per heavy atom. The Labute approximate surface area is 111 Å². The first kappa shape index (κ1) is 12.9. The van der Waals surface area contributed by atoms with Crippen LogP contribution in [0.4, 0.5) is 0 Å². The molecule has 1 aromatic carbocycles. The second-order valence-electron chi connectivity index (χ2n) is 4.43. The van der Waals surface area contributed by atoms with Crippen molar-refractivity contribution < 1.29 is 4.74 Å². The van der Waals surface area contributed by atoms with Gasteiger partial charge in [0.15, 0.2) is 0 Å². The number of rotatable bonds is 4. The van der Waals surface area contributed by atoms with Gasteiger partial charge in [0.05, 0.1) is 0 Å². The lowest BCUT2D eigenvalue weighted by Gasteiger charge is -2.29. The number of nitrogens with zero attached hydrogens (tertiary/aromatic N) is 1. The second-order valence-corrected chi connectivity index (χ2v) is 5.35. The number of piperazine rings is 1. The van der Waals surface area contributed by atoms with Gasteiger partial charge in [0.25, 0.3) is 0 Å². The van der Waals surface area contributed by atoms with E-state index < -0.39 is 0 Å². The molecule has 1 aliphatic rings. The summed E-state index contributed by atoms with van der Waals surface area (Å²) in [5.74, 6) is 0.941. The topological polar surface area (TPSA) is 24.5 Å². The zero-order valence-electron chi connectivity index (χ0n) is 10.2. The third-order valence-corrected chi connectivity index (χ3v) is 3.40. The van der Waals surface area contributed by atoms with Crippen LogP contribution in [0.15, 0.2) is 28.7 Å². The number of halogens is 1. The van der Waals surface area contributed by atoms with Crippen molar-refractivity contribution in [1.29, 1.82) is 0 Å². The molecule has 2 rings (SSSR count). The third kappa shape index (κ3) is 4.30. The highest BCUT2D eigenvalue weighted by Gasteiger charge is 2.13.